The highest BCUT2D eigenvalue weighted by atomic mass is 16.5. The molecule has 6 heteroatoms. The van der Waals surface area contributed by atoms with E-state index in [1.807, 2.05) is 23.1 Å². The van der Waals surface area contributed by atoms with Gasteiger partial charge in [0, 0.05) is 31.2 Å². The van der Waals surface area contributed by atoms with Crippen LogP contribution in [0.1, 0.15) is 28.9 Å². The van der Waals surface area contributed by atoms with Gasteiger partial charge in [-0.15, -0.1) is 0 Å². The van der Waals surface area contributed by atoms with E-state index in [1.165, 1.54) is 18.4 Å². The van der Waals surface area contributed by atoms with Crippen LogP contribution in [-0.4, -0.2) is 70.8 Å². The Hall–Kier alpha value is -2.18. The summed E-state index contributed by atoms with van der Waals surface area (Å²) in [5.41, 5.74) is 3.61. The number of amides is 1. The number of aromatic amines is 1. The molecule has 1 aromatic heterocycles. The number of fused-ring (bicyclic) bond motifs is 1. The molecule has 2 saturated heterocycles. The number of piperazine rings is 1. The minimum atomic E-state index is 0.0362. The van der Waals surface area contributed by atoms with Gasteiger partial charge in [-0.05, 0) is 31.7 Å². The van der Waals surface area contributed by atoms with Gasteiger partial charge in [-0.1, -0.05) is 29.8 Å². The maximum Gasteiger partial charge on any atom is 0.271 e. The third-order valence-corrected chi connectivity index (χ3v) is 6.16. The van der Waals surface area contributed by atoms with E-state index in [9.17, 15) is 4.79 Å². The van der Waals surface area contributed by atoms with Gasteiger partial charge in [0.1, 0.15) is 5.69 Å². The van der Waals surface area contributed by atoms with Crippen molar-refractivity contribution in [3.05, 3.63) is 41.6 Å². The van der Waals surface area contributed by atoms with Crippen molar-refractivity contribution in [2.75, 3.05) is 32.8 Å². The lowest BCUT2D eigenvalue weighted by Gasteiger charge is -2.48. The summed E-state index contributed by atoms with van der Waals surface area (Å²) in [6, 6.07) is 10.9. The van der Waals surface area contributed by atoms with E-state index in [4.69, 9.17) is 4.74 Å². The molecule has 1 N–H and O–H groups in total. The molecule has 0 spiro atoms. The van der Waals surface area contributed by atoms with Gasteiger partial charge < -0.3 is 9.64 Å². The van der Waals surface area contributed by atoms with Crippen molar-refractivity contribution in [1.82, 2.24) is 20.0 Å². The van der Waals surface area contributed by atoms with Gasteiger partial charge in [0.2, 0.25) is 0 Å². The first-order chi connectivity index (χ1) is 13.2. The number of benzene rings is 1. The largest absolute Gasteiger partial charge is 0.378 e. The molecule has 0 unspecified atom stereocenters. The van der Waals surface area contributed by atoms with E-state index in [1.54, 1.807) is 0 Å². The minimum absolute atomic E-state index is 0.0362. The molecule has 1 aliphatic carbocycles. The van der Waals surface area contributed by atoms with Crippen LogP contribution >= 0.6 is 0 Å². The summed E-state index contributed by atoms with van der Waals surface area (Å²) in [7, 11) is 0. The molecule has 2 aromatic rings. The Kier molecular flexibility index (Phi) is 4.25. The topological polar surface area (TPSA) is 61.5 Å². The van der Waals surface area contributed by atoms with Crippen LogP contribution in [0.5, 0.6) is 0 Å². The van der Waals surface area contributed by atoms with E-state index in [2.05, 4.69) is 34.2 Å². The lowest BCUT2D eigenvalue weighted by atomic mass is 10.0. The van der Waals surface area contributed by atoms with E-state index in [0.29, 0.717) is 17.8 Å². The Morgan fingerprint density at radius 1 is 1.19 bits per heavy atom. The van der Waals surface area contributed by atoms with Crippen molar-refractivity contribution in [2.24, 2.45) is 5.92 Å². The standard InChI is InChI=1S/C21H26N4O2/c1-14-2-4-15(5-3-14)18-10-19(23-22-18)21(26)24-8-9-25-17(11-24)12-27-13-20(25)16-6-7-16/h2-5,10,16-17,20H,6-9,11-13H2,1H3,(H,22,23)/t17-,20-/m1/s1. The second kappa shape index (κ2) is 6.77. The van der Waals surface area contributed by atoms with Crippen LogP contribution < -0.4 is 0 Å². The number of aryl methyl sites for hydroxylation is 1. The van der Waals surface area contributed by atoms with E-state index in [0.717, 1.165) is 50.0 Å². The molecule has 27 heavy (non-hydrogen) atoms. The number of rotatable bonds is 3. The van der Waals surface area contributed by atoms with Crippen molar-refractivity contribution in [1.29, 1.82) is 0 Å². The molecule has 1 aromatic carbocycles. The Labute approximate surface area is 159 Å². The molecule has 2 aliphatic heterocycles. The number of nitrogens with one attached hydrogen (secondary N) is 1. The Morgan fingerprint density at radius 3 is 2.78 bits per heavy atom. The number of ether oxygens (including phenoxy) is 1. The highest BCUT2D eigenvalue weighted by molar-refractivity contribution is 5.93. The quantitative estimate of drug-likeness (QED) is 0.906. The zero-order valence-corrected chi connectivity index (χ0v) is 15.7. The van der Waals surface area contributed by atoms with Crippen molar-refractivity contribution >= 4 is 5.91 Å². The van der Waals surface area contributed by atoms with Crippen LogP contribution in [0.15, 0.2) is 30.3 Å². The van der Waals surface area contributed by atoms with Gasteiger partial charge in [0.05, 0.1) is 24.9 Å². The number of morpholine rings is 1. The second-order valence-electron chi connectivity index (χ2n) is 8.12. The molecule has 2 atom stereocenters. The number of carbonyl (C=O) groups is 1. The summed E-state index contributed by atoms with van der Waals surface area (Å²) in [5.74, 6) is 0.841. The van der Waals surface area contributed by atoms with Crippen LogP contribution in [0.25, 0.3) is 11.3 Å². The van der Waals surface area contributed by atoms with Crippen LogP contribution in [0.3, 0.4) is 0 Å². The number of hydrogen-bond acceptors (Lipinski definition) is 4. The normalized spacial score (nSPS) is 26.0. The molecule has 3 heterocycles. The average Bonchev–Trinajstić information content (AvgIpc) is 3.43. The highest BCUT2D eigenvalue weighted by Gasteiger charge is 2.43. The number of aromatic nitrogens is 2. The molecule has 0 radical (unpaired) electrons. The average molecular weight is 366 g/mol. The van der Waals surface area contributed by atoms with Crippen molar-refractivity contribution in [3.8, 4) is 11.3 Å². The third-order valence-electron chi connectivity index (χ3n) is 6.16. The summed E-state index contributed by atoms with van der Waals surface area (Å²) >= 11 is 0. The maximum absolute atomic E-state index is 13.0. The number of nitrogens with zero attached hydrogens (tertiary/aromatic N) is 3. The molecule has 1 amide bonds. The summed E-state index contributed by atoms with van der Waals surface area (Å²) < 4.78 is 5.86. The Balaban J connectivity index is 1.28. The summed E-state index contributed by atoms with van der Waals surface area (Å²) in [4.78, 5) is 17.5. The monoisotopic (exact) mass is 366 g/mol. The molecular weight excluding hydrogens is 340 g/mol. The SMILES string of the molecule is Cc1ccc(-c2cc(C(=O)N3CCN4[C@@H](COC[C@@H]4C4CC4)C3)[nH]n2)cc1. The molecule has 3 aliphatic rings. The first kappa shape index (κ1) is 17.0. The predicted octanol–water partition coefficient (Wildman–Crippen LogP) is 2.32. The lowest BCUT2D eigenvalue weighted by Crippen LogP contribution is -2.63. The fraction of sp³-hybridized carbons (Fsp3) is 0.524. The third kappa shape index (κ3) is 3.28. The van der Waals surface area contributed by atoms with Gasteiger partial charge >= 0.3 is 0 Å². The second-order valence-corrected chi connectivity index (χ2v) is 8.12. The first-order valence-corrected chi connectivity index (χ1v) is 9.94. The summed E-state index contributed by atoms with van der Waals surface area (Å²) in [5, 5.41) is 7.29. The van der Waals surface area contributed by atoms with Crippen molar-refractivity contribution < 1.29 is 9.53 Å². The first-order valence-electron chi connectivity index (χ1n) is 9.94. The molecular formula is C21H26N4O2. The number of carbonyl (C=O) groups excluding carboxylic acids is 1. The number of hydrogen-bond donors (Lipinski definition) is 1. The smallest absolute Gasteiger partial charge is 0.271 e. The highest BCUT2D eigenvalue weighted by Crippen LogP contribution is 2.38. The van der Waals surface area contributed by atoms with Crippen LogP contribution in [0.4, 0.5) is 0 Å². The van der Waals surface area contributed by atoms with Crippen LogP contribution in [0.2, 0.25) is 0 Å². The van der Waals surface area contributed by atoms with Gasteiger partial charge in [-0.2, -0.15) is 5.10 Å². The lowest BCUT2D eigenvalue weighted by molar-refractivity contribution is -0.0816. The van der Waals surface area contributed by atoms with Crippen LogP contribution in [0, 0.1) is 12.8 Å². The van der Waals surface area contributed by atoms with Crippen molar-refractivity contribution in [3.63, 3.8) is 0 Å². The molecule has 0 bridgehead atoms. The summed E-state index contributed by atoms with van der Waals surface area (Å²) in [6.45, 7) is 6.10. The van der Waals surface area contributed by atoms with Gasteiger partial charge in [-0.25, -0.2) is 0 Å². The maximum atomic E-state index is 13.0. The fourth-order valence-corrected chi connectivity index (χ4v) is 4.42. The molecule has 5 rings (SSSR count). The van der Waals surface area contributed by atoms with Gasteiger partial charge in [0.25, 0.3) is 5.91 Å². The zero-order valence-electron chi connectivity index (χ0n) is 15.7. The molecule has 1 saturated carbocycles. The van der Waals surface area contributed by atoms with E-state index in [-0.39, 0.29) is 5.91 Å². The minimum Gasteiger partial charge on any atom is -0.378 e. The van der Waals surface area contributed by atoms with Crippen LogP contribution in [-0.2, 0) is 4.74 Å². The van der Waals surface area contributed by atoms with E-state index >= 15 is 0 Å². The fourth-order valence-electron chi connectivity index (χ4n) is 4.42. The van der Waals surface area contributed by atoms with Gasteiger partial charge in [-0.3, -0.25) is 14.8 Å². The predicted molar refractivity (Wildman–Crippen MR) is 102 cm³/mol. The summed E-state index contributed by atoms with van der Waals surface area (Å²) in [6.07, 6.45) is 2.66. The molecule has 3 fully saturated rings. The molecule has 6 nitrogen and oxygen atoms in total. The Bertz CT molecular complexity index is 827. The Morgan fingerprint density at radius 2 is 2.00 bits per heavy atom. The zero-order chi connectivity index (χ0) is 18.4. The van der Waals surface area contributed by atoms with E-state index < -0.39 is 0 Å². The number of H-pyrrole nitrogens is 1. The molecule has 142 valence electrons. The van der Waals surface area contributed by atoms with Crippen molar-refractivity contribution in [2.45, 2.75) is 31.8 Å². The van der Waals surface area contributed by atoms with Gasteiger partial charge in [0.15, 0.2) is 0 Å².